The zero-order valence-corrected chi connectivity index (χ0v) is 5.63. The van der Waals surface area contributed by atoms with E-state index in [-0.39, 0.29) is 11.4 Å². The molecule has 0 saturated heterocycles. The lowest BCUT2D eigenvalue weighted by atomic mass is 10.3. The van der Waals surface area contributed by atoms with Crippen LogP contribution in [0.2, 0.25) is 0 Å². The van der Waals surface area contributed by atoms with Crippen molar-refractivity contribution >= 4 is 11.6 Å². The molecule has 0 radical (unpaired) electrons. The first kappa shape index (κ1) is 7.33. The second-order valence-corrected chi connectivity index (χ2v) is 2.02. The van der Waals surface area contributed by atoms with Crippen LogP contribution in [0.1, 0.15) is 10.5 Å². The highest BCUT2D eigenvalue weighted by atomic mass is 16.1. The van der Waals surface area contributed by atoms with Crippen LogP contribution in [-0.2, 0) is 0 Å². The zero-order chi connectivity index (χ0) is 8.43. The molecular weight excluding hydrogens is 146 g/mol. The number of nitrogens with two attached hydrogens (primary N) is 2. The lowest BCUT2D eigenvalue weighted by Crippen LogP contribution is -2.20. The molecule has 0 aliphatic carbocycles. The van der Waals surface area contributed by atoms with Gasteiger partial charge in [-0.3, -0.25) is 9.59 Å². The first-order valence-electron chi connectivity index (χ1n) is 2.90. The molecule has 1 amide bonds. The normalized spacial score (nSPS) is 9.45. The van der Waals surface area contributed by atoms with Crippen LogP contribution < -0.4 is 17.0 Å². The van der Waals surface area contributed by atoms with Crippen LogP contribution in [0.4, 0.5) is 5.69 Å². The molecule has 0 saturated carbocycles. The lowest BCUT2D eigenvalue weighted by molar-refractivity contribution is 0.0995. The molecule has 1 aromatic rings. The van der Waals surface area contributed by atoms with Gasteiger partial charge in [-0.1, -0.05) is 0 Å². The highest BCUT2D eigenvalue weighted by molar-refractivity contribution is 5.90. The highest BCUT2D eigenvalue weighted by Gasteiger charge is 2.00. The largest absolute Gasteiger partial charge is 0.394 e. The van der Waals surface area contributed by atoms with Gasteiger partial charge in [-0.2, -0.15) is 0 Å². The van der Waals surface area contributed by atoms with E-state index < -0.39 is 11.5 Å². The number of rotatable bonds is 1. The number of carbonyl (C=O) groups is 1. The van der Waals surface area contributed by atoms with Crippen molar-refractivity contribution in [2.75, 3.05) is 5.73 Å². The van der Waals surface area contributed by atoms with Gasteiger partial charge >= 0.3 is 0 Å². The van der Waals surface area contributed by atoms with Crippen LogP contribution >= 0.6 is 0 Å². The van der Waals surface area contributed by atoms with Gasteiger partial charge in [0.05, 0.1) is 5.69 Å². The molecule has 0 bridgehead atoms. The Kier molecular flexibility index (Phi) is 1.63. The van der Waals surface area contributed by atoms with Crippen molar-refractivity contribution in [1.29, 1.82) is 0 Å². The molecule has 0 fully saturated rings. The standard InChI is InChI=1S/C6H7N3O2/c7-3-1-2-4(5(8)10)9-6(3)11/h1-2H,7H2,(H2,8,10)(H,9,11). The molecule has 1 aromatic heterocycles. The van der Waals surface area contributed by atoms with E-state index in [9.17, 15) is 9.59 Å². The smallest absolute Gasteiger partial charge is 0.271 e. The van der Waals surface area contributed by atoms with Crippen molar-refractivity contribution in [3.63, 3.8) is 0 Å². The summed E-state index contributed by atoms with van der Waals surface area (Å²) in [6.45, 7) is 0. The molecule has 0 unspecified atom stereocenters. The maximum atomic E-state index is 10.8. The Morgan fingerprint density at radius 3 is 2.55 bits per heavy atom. The minimum Gasteiger partial charge on any atom is -0.394 e. The Hall–Kier alpha value is -1.78. The van der Waals surface area contributed by atoms with Gasteiger partial charge in [-0.15, -0.1) is 0 Å². The third-order valence-corrected chi connectivity index (χ3v) is 1.21. The van der Waals surface area contributed by atoms with Crippen LogP contribution in [0.15, 0.2) is 16.9 Å². The lowest BCUT2D eigenvalue weighted by Gasteiger charge is -1.94. The summed E-state index contributed by atoms with van der Waals surface area (Å²) in [5, 5.41) is 0. The number of carbonyl (C=O) groups excluding carboxylic acids is 1. The number of primary amides is 1. The van der Waals surface area contributed by atoms with Gasteiger partial charge in [0.15, 0.2) is 0 Å². The van der Waals surface area contributed by atoms with Crippen LogP contribution in [0.5, 0.6) is 0 Å². The maximum absolute atomic E-state index is 10.8. The van der Waals surface area contributed by atoms with E-state index in [1.54, 1.807) is 0 Å². The second kappa shape index (κ2) is 2.45. The third-order valence-electron chi connectivity index (χ3n) is 1.21. The number of nitrogens with one attached hydrogen (secondary N) is 1. The number of pyridine rings is 1. The molecule has 1 heterocycles. The van der Waals surface area contributed by atoms with E-state index in [2.05, 4.69) is 4.98 Å². The molecule has 0 aliphatic rings. The van der Waals surface area contributed by atoms with E-state index >= 15 is 0 Å². The Balaban J connectivity index is 3.26. The summed E-state index contributed by atoms with van der Waals surface area (Å²) in [5.41, 5.74) is 9.70. The molecule has 0 aromatic carbocycles. The van der Waals surface area contributed by atoms with Gasteiger partial charge in [-0.05, 0) is 12.1 Å². The van der Waals surface area contributed by atoms with E-state index in [0.717, 1.165) is 0 Å². The fourth-order valence-corrected chi connectivity index (χ4v) is 0.629. The number of hydrogen-bond acceptors (Lipinski definition) is 3. The Labute approximate surface area is 62.0 Å². The van der Waals surface area contributed by atoms with Gasteiger partial charge in [0, 0.05) is 0 Å². The Morgan fingerprint density at radius 2 is 2.09 bits per heavy atom. The predicted molar refractivity (Wildman–Crippen MR) is 40.0 cm³/mol. The van der Waals surface area contributed by atoms with E-state index in [1.807, 2.05) is 0 Å². The molecule has 1 rings (SSSR count). The van der Waals surface area contributed by atoms with E-state index in [1.165, 1.54) is 12.1 Å². The number of amides is 1. The molecule has 58 valence electrons. The third kappa shape index (κ3) is 1.37. The number of H-pyrrole nitrogens is 1. The zero-order valence-electron chi connectivity index (χ0n) is 5.63. The van der Waals surface area contributed by atoms with Gasteiger partial charge in [-0.25, -0.2) is 0 Å². The topological polar surface area (TPSA) is 102 Å². The van der Waals surface area contributed by atoms with Crippen LogP contribution in [-0.4, -0.2) is 10.9 Å². The van der Waals surface area contributed by atoms with Gasteiger partial charge < -0.3 is 16.5 Å². The molecule has 5 nitrogen and oxygen atoms in total. The Morgan fingerprint density at radius 1 is 1.45 bits per heavy atom. The van der Waals surface area contributed by atoms with Crippen molar-refractivity contribution in [3.8, 4) is 0 Å². The van der Waals surface area contributed by atoms with Crippen molar-refractivity contribution in [2.24, 2.45) is 5.73 Å². The highest BCUT2D eigenvalue weighted by Crippen LogP contribution is 1.93. The minimum absolute atomic E-state index is 0.0594. The van der Waals surface area contributed by atoms with Crippen LogP contribution in [0.3, 0.4) is 0 Å². The molecule has 11 heavy (non-hydrogen) atoms. The van der Waals surface area contributed by atoms with Crippen molar-refractivity contribution < 1.29 is 4.79 Å². The van der Waals surface area contributed by atoms with Gasteiger partial charge in [0.1, 0.15) is 5.69 Å². The number of hydrogen-bond donors (Lipinski definition) is 3. The van der Waals surface area contributed by atoms with Gasteiger partial charge in [0.25, 0.3) is 11.5 Å². The number of aromatic nitrogens is 1. The minimum atomic E-state index is -0.679. The maximum Gasteiger partial charge on any atom is 0.271 e. The monoisotopic (exact) mass is 153 g/mol. The van der Waals surface area contributed by atoms with Crippen molar-refractivity contribution in [3.05, 3.63) is 28.2 Å². The number of aromatic amines is 1. The van der Waals surface area contributed by atoms with Crippen molar-refractivity contribution in [2.45, 2.75) is 0 Å². The summed E-state index contributed by atoms with van der Waals surface area (Å²) in [4.78, 5) is 23.5. The summed E-state index contributed by atoms with van der Waals surface area (Å²) in [7, 11) is 0. The summed E-state index contributed by atoms with van der Waals surface area (Å²) in [5.74, 6) is -0.679. The molecule has 5 heteroatoms. The van der Waals surface area contributed by atoms with E-state index in [0.29, 0.717) is 0 Å². The summed E-state index contributed by atoms with van der Waals surface area (Å²) in [6.07, 6.45) is 0. The average Bonchev–Trinajstić information content (AvgIpc) is 1.94. The van der Waals surface area contributed by atoms with Crippen molar-refractivity contribution in [1.82, 2.24) is 4.98 Å². The summed E-state index contributed by atoms with van der Waals surface area (Å²) in [6, 6.07) is 2.69. The predicted octanol–water partition coefficient (Wildman–Crippen LogP) is -0.944. The fraction of sp³-hybridized carbons (Fsp3) is 0. The second-order valence-electron chi connectivity index (χ2n) is 2.02. The van der Waals surface area contributed by atoms with Gasteiger partial charge in [0.2, 0.25) is 0 Å². The first-order valence-corrected chi connectivity index (χ1v) is 2.90. The summed E-state index contributed by atoms with van der Waals surface area (Å²) >= 11 is 0. The molecule has 0 aliphatic heterocycles. The van der Waals surface area contributed by atoms with Crippen LogP contribution in [0.25, 0.3) is 0 Å². The molecular formula is C6H7N3O2. The molecule has 5 N–H and O–H groups in total. The Bertz CT molecular complexity index is 342. The fourth-order valence-electron chi connectivity index (χ4n) is 0.629. The quantitative estimate of drug-likeness (QED) is 0.485. The van der Waals surface area contributed by atoms with E-state index in [4.69, 9.17) is 11.5 Å². The number of anilines is 1. The average molecular weight is 153 g/mol. The van der Waals surface area contributed by atoms with Crippen LogP contribution in [0, 0.1) is 0 Å². The molecule has 0 spiro atoms. The number of nitrogen functional groups attached to an aromatic ring is 1. The molecule has 0 atom stereocenters. The summed E-state index contributed by atoms with van der Waals surface area (Å²) < 4.78 is 0. The SMILES string of the molecule is NC(=O)c1ccc(N)c(=O)[nH]1. The first-order chi connectivity index (χ1) is 5.11.